The molecule has 1 atom stereocenters. The van der Waals surface area contributed by atoms with E-state index in [2.05, 4.69) is 25.8 Å². The molecule has 2 heteroatoms. The van der Waals surface area contributed by atoms with Gasteiger partial charge in [-0.2, -0.15) is 0 Å². The molecule has 1 rings (SSSR count). The van der Waals surface area contributed by atoms with E-state index in [1.807, 2.05) is 0 Å². The molecule has 0 aromatic heterocycles. The zero-order valence-electron chi connectivity index (χ0n) is 10.7. The summed E-state index contributed by atoms with van der Waals surface area (Å²) in [6.45, 7) is 6.64. The molecule has 0 spiro atoms. The van der Waals surface area contributed by atoms with E-state index < -0.39 is 0 Å². The molecule has 90 valence electrons. The minimum Gasteiger partial charge on any atom is -0.329 e. The van der Waals surface area contributed by atoms with Crippen molar-refractivity contribution < 1.29 is 0 Å². The second-order valence-corrected chi connectivity index (χ2v) is 5.30. The Bertz CT molecular complexity index is 162. The van der Waals surface area contributed by atoms with Gasteiger partial charge in [0.1, 0.15) is 0 Å². The first-order valence-electron chi connectivity index (χ1n) is 6.59. The van der Waals surface area contributed by atoms with Gasteiger partial charge in [0, 0.05) is 12.6 Å². The largest absolute Gasteiger partial charge is 0.329 e. The van der Waals surface area contributed by atoms with Crippen molar-refractivity contribution in [1.29, 1.82) is 0 Å². The van der Waals surface area contributed by atoms with E-state index in [1.165, 1.54) is 38.6 Å². The first-order valence-corrected chi connectivity index (χ1v) is 6.59. The van der Waals surface area contributed by atoms with Gasteiger partial charge in [0.25, 0.3) is 0 Å². The van der Waals surface area contributed by atoms with Crippen LogP contribution in [-0.2, 0) is 0 Å². The van der Waals surface area contributed by atoms with Gasteiger partial charge in [0.05, 0.1) is 0 Å². The minimum absolute atomic E-state index is 0.623. The molecule has 0 bridgehead atoms. The quantitative estimate of drug-likeness (QED) is 0.758. The second kappa shape index (κ2) is 6.49. The fourth-order valence-electron chi connectivity index (χ4n) is 2.92. The van der Waals surface area contributed by atoms with Crippen molar-refractivity contribution in [2.24, 2.45) is 17.6 Å². The van der Waals surface area contributed by atoms with Crippen molar-refractivity contribution in [2.75, 3.05) is 20.1 Å². The highest BCUT2D eigenvalue weighted by molar-refractivity contribution is 4.82. The van der Waals surface area contributed by atoms with Gasteiger partial charge in [0.15, 0.2) is 0 Å². The van der Waals surface area contributed by atoms with Gasteiger partial charge in [-0.25, -0.2) is 0 Å². The molecule has 0 saturated heterocycles. The molecule has 15 heavy (non-hydrogen) atoms. The minimum atomic E-state index is 0.623. The van der Waals surface area contributed by atoms with Gasteiger partial charge in [-0.1, -0.05) is 26.7 Å². The predicted molar refractivity (Wildman–Crippen MR) is 66.9 cm³/mol. The van der Waals surface area contributed by atoms with Crippen molar-refractivity contribution in [3.63, 3.8) is 0 Å². The Balaban J connectivity index is 2.43. The van der Waals surface area contributed by atoms with Crippen molar-refractivity contribution in [1.82, 2.24) is 4.90 Å². The first kappa shape index (κ1) is 13.0. The Morgan fingerprint density at radius 1 is 1.27 bits per heavy atom. The molecule has 0 aromatic carbocycles. The maximum absolute atomic E-state index is 5.93. The lowest BCUT2D eigenvalue weighted by Crippen LogP contribution is -2.44. The lowest BCUT2D eigenvalue weighted by molar-refractivity contribution is 0.135. The highest BCUT2D eigenvalue weighted by Crippen LogP contribution is 2.31. The van der Waals surface area contributed by atoms with Crippen LogP contribution in [0, 0.1) is 11.8 Å². The van der Waals surface area contributed by atoms with Gasteiger partial charge < -0.3 is 10.6 Å². The maximum atomic E-state index is 5.93. The second-order valence-electron chi connectivity index (χ2n) is 5.30. The van der Waals surface area contributed by atoms with Crippen molar-refractivity contribution in [3.8, 4) is 0 Å². The summed E-state index contributed by atoms with van der Waals surface area (Å²) in [7, 11) is 2.24. The Labute approximate surface area is 95.2 Å². The molecule has 0 aliphatic heterocycles. The van der Waals surface area contributed by atoms with Crippen molar-refractivity contribution in [2.45, 2.75) is 52.0 Å². The molecule has 1 unspecified atom stereocenters. The average Bonchev–Trinajstić information content (AvgIpc) is 2.22. The molecule has 0 heterocycles. The average molecular weight is 212 g/mol. The third-order valence-corrected chi connectivity index (χ3v) is 3.99. The molecule has 1 aliphatic carbocycles. The standard InChI is InChI=1S/C13H28N2/c1-4-9-15(3)13(10-14)12-7-5-11(2)6-8-12/h11-13H,4-10,14H2,1-3H3. The molecule has 2 N–H and O–H groups in total. The summed E-state index contributed by atoms with van der Waals surface area (Å²) in [5.74, 6) is 1.79. The lowest BCUT2D eigenvalue weighted by atomic mass is 9.79. The van der Waals surface area contributed by atoms with Crippen LogP contribution in [0.1, 0.15) is 46.0 Å². The summed E-state index contributed by atoms with van der Waals surface area (Å²) >= 11 is 0. The highest BCUT2D eigenvalue weighted by atomic mass is 15.1. The molecular weight excluding hydrogens is 184 g/mol. The van der Waals surface area contributed by atoms with Crippen LogP contribution in [0.15, 0.2) is 0 Å². The Morgan fingerprint density at radius 2 is 1.87 bits per heavy atom. The summed E-state index contributed by atoms with van der Waals surface area (Å²) in [6, 6.07) is 0.623. The summed E-state index contributed by atoms with van der Waals surface area (Å²) < 4.78 is 0. The molecule has 2 nitrogen and oxygen atoms in total. The van der Waals surface area contributed by atoms with Gasteiger partial charge in [-0.3, -0.25) is 0 Å². The first-order chi connectivity index (χ1) is 7.19. The number of hydrogen-bond donors (Lipinski definition) is 1. The zero-order valence-corrected chi connectivity index (χ0v) is 10.7. The van der Waals surface area contributed by atoms with Crippen LogP contribution in [0.25, 0.3) is 0 Å². The Morgan fingerprint density at radius 3 is 2.33 bits per heavy atom. The third-order valence-electron chi connectivity index (χ3n) is 3.99. The van der Waals surface area contributed by atoms with Gasteiger partial charge >= 0.3 is 0 Å². The van der Waals surface area contributed by atoms with E-state index >= 15 is 0 Å². The summed E-state index contributed by atoms with van der Waals surface area (Å²) in [5, 5.41) is 0. The zero-order chi connectivity index (χ0) is 11.3. The van der Waals surface area contributed by atoms with Crippen LogP contribution >= 0.6 is 0 Å². The van der Waals surface area contributed by atoms with Crippen LogP contribution in [0.3, 0.4) is 0 Å². The topological polar surface area (TPSA) is 29.3 Å². The SMILES string of the molecule is CCCN(C)C(CN)C1CCC(C)CC1. The van der Waals surface area contributed by atoms with Crippen LogP contribution in [0.2, 0.25) is 0 Å². The van der Waals surface area contributed by atoms with Crippen molar-refractivity contribution in [3.05, 3.63) is 0 Å². The van der Waals surface area contributed by atoms with E-state index in [9.17, 15) is 0 Å². The number of likely N-dealkylation sites (N-methyl/N-ethyl adjacent to an activating group) is 1. The molecule has 0 radical (unpaired) electrons. The summed E-state index contributed by atoms with van der Waals surface area (Å²) in [6.07, 6.45) is 6.81. The van der Waals surface area contributed by atoms with E-state index in [0.717, 1.165) is 18.4 Å². The third kappa shape index (κ3) is 3.76. The van der Waals surface area contributed by atoms with Gasteiger partial charge in [-0.15, -0.1) is 0 Å². The molecule has 0 amide bonds. The van der Waals surface area contributed by atoms with Crippen LogP contribution in [-0.4, -0.2) is 31.1 Å². The molecule has 0 aromatic rings. The van der Waals surface area contributed by atoms with Crippen LogP contribution in [0.5, 0.6) is 0 Å². The number of nitrogens with zero attached hydrogens (tertiary/aromatic N) is 1. The number of hydrogen-bond acceptors (Lipinski definition) is 2. The van der Waals surface area contributed by atoms with Crippen LogP contribution < -0.4 is 5.73 Å². The highest BCUT2D eigenvalue weighted by Gasteiger charge is 2.27. The molecule has 1 fully saturated rings. The predicted octanol–water partition coefficient (Wildman–Crippen LogP) is 2.48. The Hall–Kier alpha value is -0.0800. The van der Waals surface area contributed by atoms with Crippen molar-refractivity contribution >= 4 is 0 Å². The summed E-state index contributed by atoms with van der Waals surface area (Å²) in [4.78, 5) is 2.47. The molecule has 1 saturated carbocycles. The lowest BCUT2D eigenvalue weighted by Gasteiger charge is -2.37. The monoisotopic (exact) mass is 212 g/mol. The van der Waals surface area contributed by atoms with E-state index in [0.29, 0.717) is 6.04 Å². The summed E-state index contributed by atoms with van der Waals surface area (Å²) in [5.41, 5.74) is 5.93. The normalized spacial score (nSPS) is 29.4. The van der Waals surface area contributed by atoms with E-state index in [4.69, 9.17) is 5.73 Å². The number of rotatable bonds is 5. The fourth-order valence-corrected chi connectivity index (χ4v) is 2.92. The van der Waals surface area contributed by atoms with E-state index in [1.54, 1.807) is 0 Å². The molecular formula is C13H28N2. The Kier molecular flexibility index (Phi) is 5.62. The molecule has 1 aliphatic rings. The van der Waals surface area contributed by atoms with Gasteiger partial charge in [-0.05, 0) is 44.7 Å². The fraction of sp³-hybridized carbons (Fsp3) is 1.00. The smallest absolute Gasteiger partial charge is 0.0243 e. The van der Waals surface area contributed by atoms with Gasteiger partial charge in [0.2, 0.25) is 0 Å². The number of nitrogens with two attached hydrogens (primary N) is 1. The maximum Gasteiger partial charge on any atom is 0.0243 e. The van der Waals surface area contributed by atoms with Crippen LogP contribution in [0.4, 0.5) is 0 Å². The van der Waals surface area contributed by atoms with E-state index in [-0.39, 0.29) is 0 Å².